The zero-order valence-electron chi connectivity index (χ0n) is 17.0. The number of esters is 1. The third-order valence-electron chi connectivity index (χ3n) is 4.97. The minimum atomic E-state index is -0.941. The van der Waals surface area contributed by atoms with Gasteiger partial charge in [0.05, 0.1) is 30.1 Å². The van der Waals surface area contributed by atoms with Crippen LogP contribution in [0.5, 0.6) is 17.2 Å². The summed E-state index contributed by atoms with van der Waals surface area (Å²) in [5.41, 5.74) is 6.41. The van der Waals surface area contributed by atoms with Gasteiger partial charge in [0.2, 0.25) is 5.88 Å². The number of rotatable bonds is 5. The van der Waals surface area contributed by atoms with Gasteiger partial charge in [-0.2, -0.15) is 0 Å². The summed E-state index contributed by atoms with van der Waals surface area (Å²) in [5.74, 6) is -1.47. The topological polar surface area (TPSA) is 121 Å². The lowest BCUT2D eigenvalue weighted by atomic mass is 9.83. The van der Waals surface area contributed by atoms with E-state index in [-0.39, 0.29) is 40.9 Å². The molecular formula is C23H21NO7. The van der Waals surface area contributed by atoms with Crippen molar-refractivity contribution in [2.24, 2.45) is 5.73 Å². The Morgan fingerprint density at radius 3 is 2.68 bits per heavy atom. The number of nitrogens with two attached hydrogens (primary N) is 1. The van der Waals surface area contributed by atoms with Crippen LogP contribution < -0.4 is 20.8 Å². The number of phenolic OH excluding ortho intramolecular Hbond substituents is 1. The molecule has 1 aromatic heterocycles. The van der Waals surface area contributed by atoms with Crippen molar-refractivity contribution in [3.8, 4) is 17.2 Å². The van der Waals surface area contributed by atoms with Gasteiger partial charge < -0.3 is 29.5 Å². The van der Waals surface area contributed by atoms with E-state index in [1.807, 2.05) is 0 Å². The van der Waals surface area contributed by atoms with Crippen LogP contribution in [0.4, 0.5) is 0 Å². The van der Waals surface area contributed by atoms with E-state index in [9.17, 15) is 14.7 Å². The summed E-state index contributed by atoms with van der Waals surface area (Å²) in [6, 6.07) is 11.4. The van der Waals surface area contributed by atoms with Gasteiger partial charge >= 0.3 is 11.6 Å². The first kappa shape index (κ1) is 20.3. The molecule has 2 heterocycles. The van der Waals surface area contributed by atoms with E-state index in [4.69, 9.17) is 24.4 Å². The minimum absolute atomic E-state index is 0.0231. The van der Waals surface area contributed by atoms with Crippen molar-refractivity contribution in [2.45, 2.75) is 19.8 Å². The van der Waals surface area contributed by atoms with Crippen molar-refractivity contribution in [1.82, 2.24) is 0 Å². The highest BCUT2D eigenvalue weighted by atomic mass is 16.5. The van der Waals surface area contributed by atoms with Crippen molar-refractivity contribution in [3.05, 3.63) is 75.5 Å². The van der Waals surface area contributed by atoms with Crippen molar-refractivity contribution in [3.63, 3.8) is 0 Å². The summed E-state index contributed by atoms with van der Waals surface area (Å²) in [4.78, 5) is 25.8. The second-order valence-corrected chi connectivity index (χ2v) is 6.82. The predicted octanol–water partition coefficient (Wildman–Crippen LogP) is 3.16. The largest absolute Gasteiger partial charge is 0.504 e. The zero-order valence-corrected chi connectivity index (χ0v) is 17.0. The Balaban J connectivity index is 2.02. The number of aromatic hydroxyl groups is 1. The fourth-order valence-electron chi connectivity index (χ4n) is 3.69. The fraction of sp³-hybridized carbons (Fsp3) is 0.217. The highest BCUT2D eigenvalue weighted by molar-refractivity contribution is 5.94. The maximum Gasteiger partial charge on any atom is 0.344 e. The molecule has 0 unspecified atom stereocenters. The summed E-state index contributed by atoms with van der Waals surface area (Å²) in [6.45, 7) is 3.87. The van der Waals surface area contributed by atoms with Gasteiger partial charge in [0.15, 0.2) is 17.2 Å². The molecule has 0 fully saturated rings. The van der Waals surface area contributed by atoms with E-state index < -0.39 is 17.5 Å². The van der Waals surface area contributed by atoms with Crippen molar-refractivity contribution in [2.75, 3.05) is 13.2 Å². The van der Waals surface area contributed by atoms with Crippen molar-refractivity contribution < 1.29 is 28.5 Å². The number of carbonyl (C=O) groups is 1. The number of phenols is 1. The summed E-state index contributed by atoms with van der Waals surface area (Å²) >= 11 is 0. The van der Waals surface area contributed by atoms with Gasteiger partial charge in [0.25, 0.3) is 0 Å². The van der Waals surface area contributed by atoms with Crippen LogP contribution in [0.2, 0.25) is 0 Å². The van der Waals surface area contributed by atoms with E-state index in [0.29, 0.717) is 23.1 Å². The molecule has 0 saturated heterocycles. The molecule has 0 saturated carbocycles. The minimum Gasteiger partial charge on any atom is -0.504 e. The number of carbonyl (C=O) groups excluding carboxylic acids is 1. The second kappa shape index (κ2) is 8.06. The number of fused-ring (bicyclic) bond motifs is 3. The molecule has 1 aliphatic rings. The maximum atomic E-state index is 13.0. The van der Waals surface area contributed by atoms with E-state index in [1.165, 1.54) is 6.07 Å². The van der Waals surface area contributed by atoms with E-state index >= 15 is 0 Å². The van der Waals surface area contributed by atoms with Gasteiger partial charge in [-0.15, -0.1) is 0 Å². The Morgan fingerprint density at radius 2 is 1.94 bits per heavy atom. The Labute approximate surface area is 177 Å². The van der Waals surface area contributed by atoms with Crippen LogP contribution in [-0.4, -0.2) is 24.3 Å². The molecule has 0 radical (unpaired) electrons. The summed E-state index contributed by atoms with van der Waals surface area (Å²) < 4.78 is 21.9. The molecule has 8 nitrogen and oxygen atoms in total. The Bertz CT molecular complexity index is 1260. The van der Waals surface area contributed by atoms with Gasteiger partial charge in [0.1, 0.15) is 11.2 Å². The number of benzene rings is 2. The Hall–Kier alpha value is -3.94. The average molecular weight is 423 g/mol. The second-order valence-electron chi connectivity index (χ2n) is 6.82. The number of hydrogen-bond donors (Lipinski definition) is 2. The number of para-hydroxylation sites is 1. The predicted molar refractivity (Wildman–Crippen MR) is 112 cm³/mol. The lowest BCUT2D eigenvalue weighted by molar-refractivity contribution is -0.139. The first-order valence-corrected chi connectivity index (χ1v) is 9.82. The molecule has 2 aromatic carbocycles. The Morgan fingerprint density at radius 1 is 1.16 bits per heavy atom. The normalized spacial score (nSPS) is 15.4. The molecule has 8 heteroatoms. The molecule has 4 rings (SSSR count). The van der Waals surface area contributed by atoms with Crippen LogP contribution in [0.25, 0.3) is 11.0 Å². The van der Waals surface area contributed by atoms with E-state index in [2.05, 4.69) is 0 Å². The molecule has 160 valence electrons. The molecule has 0 bridgehead atoms. The molecule has 1 atom stereocenters. The smallest absolute Gasteiger partial charge is 0.344 e. The van der Waals surface area contributed by atoms with Gasteiger partial charge in [-0.05, 0) is 43.7 Å². The van der Waals surface area contributed by atoms with E-state index in [0.717, 1.165) is 0 Å². The van der Waals surface area contributed by atoms with Gasteiger partial charge in [0, 0.05) is 0 Å². The van der Waals surface area contributed by atoms with Crippen molar-refractivity contribution >= 4 is 16.9 Å². The van der Waals surface area contributed by atoms with Crippen LogP contribution in [0.15, 0.2) is 63.1 Å². The number of ether oxygens (including phenoxy) is 3. The third kappa shape index (κ3) is 3.46. The quantitative estimate of drug-likeness (QED) is 0.474. The Kier molecular flexibility index (Phi) is 5.29. The van der Waals surface area contributed by atoms with Crippen LogP contribution in [0.1, 0.15) is 30.9 Å². The lowest BCUT2D eigenvalue weighted by Gasteiger charge is -2.28. The van der Waals surface area contributed by atoms with Crippen molar-refractivity contribution in [1.29, 1.82) is 0 Å². The molecular weight excluding hydrogens is 402 g/mol. The molecule has 3 N–H and O–H groups in total. The van der Waals surface area contributed by atoms with Crippen LogP contribution >= 0.6 is 0 Å². The van der Waals surface area contributed by atoms with E-state index in [1.54, 1.807) is 50.2 Å². The third-order valence-corrected chi connectivity index (χ3v) is 4.97. The SMILES string of the molecule is CCOC(=O)C1=C(N)Oc2c(c(=O)oc3ccccc23)[C@@H]1c1ccc(O)c(OCC)c1. The summed E-state index contributed by atoms with van der Waals surface area (Å²) in [7, 11) is 0. The zero-order chi connectivity index (χ0) is 22.1. The molecule has 3 aromatic rings. The lowest BCUT2D eigenvalue weighted by Crippen LogP contribution is -2.31. The first-order valence-electron chi connectivity index (χ1n) is 9.82. The van der Waals surface area contributed by atoms with Gasteiger partial charge in [-0.3, -0.25) is 0 Å². The highest BCUT2D eigenvalue weighted by Crippen LogP contribution is 2.45. The monoisotopic (exact) mass is 423 g/mol. The summed E-state index contributed by atoms with van der Waals surface area (Å²) in [6.07, 6.45) is 0. The molecule has 31 heavy (non-hydrogen) atoms. The molecule has 0 aliphatic carbocycles. The van der Waals surface area contributed by atoms with Gasteiger partial charge in [-0.25, -0.2) is 9.59 Å². The first-order chi connectivity index (χ1) is 15.0. The maximum absolute atomic E-state index is 13.0. The van der Waals surface area contributed by atoms with Crippen LogP contribution in [0.3, 0.4) is 0 Å². The van der Waals surface area contributed by atoms with Crippen LogP contribution in [0, 0.1) is 0 Å². The standard InChI is InChI=1S/C23H21NO7/c1-3-28-16-11-12(9-10-14(16)25)17-18-20(31-21(24)19(17)22(26)29-4-2)13-7-5-6-8-15(13)30-23(18)27/h5-11,17,25H,3-4,24H2,1-2H3/t17-/m0/s1. The molecule has 0 spiro atoms. The summed E-state index contributed by atoms with van der Waals surface area (Å²) in [5, 5.41) is 10.6. The molecule has 1 aliphatic heterocycles. The fourth-order valence-corrected chi connectivity index (χ4v) is 3.69. The average Bonchev–Trinajstić information content (AvgIpc) is 2.75. The number of hydrogen-bond acceptors (Lipinski definition) is 8. The van der Waals surface area contributed by atoms with Gasteiger partial charge in [-0.1, -0.05) is 18.2 Å². The molecule has 0 amide bonds. The highest BCUT2D eigenvalue weighted by Gasteiger charge is 2.39. The van der Waals surface area contributed by atoms with Crippen LogP contribution in [-0.2, 0) is 9.53 Å².